The van der Waals surface area contributed by atoms with Crippen molar-refractivity contribution >= 4 is 53.8 Å². The van der Waals surface area contributed by atoms with E-state index in [0.29, 0.717) is 13.4 Å². The highest BCUT2D eigenvalue weighted by Crippen LogP contribution is 2.38. The molecular formula is C7H3Br3O3. The van der Waals surface area contributed by atoms with E-state index in [4.69, 9.17) is 5.11 Å². The molecule has 0 aromatic heterocycles. The predicted octanol–water partition coefficient (Wildman–Crippen LogP) is 3.38. The summed E-state index contributed by atoms with van der Waals surface area (Å²) in [6.07, 6.45) is 0. The van der Waals surface area contributed by atoms with E-state index in [0.717, 1.165) is 0 Å². The fourth-order valence-electron chi connectivity index (χ4n) is 0.786. The lowest BCUT2D eigenvalue weighted by atomic mass is 10.2. The number of aromatic carboxylic acids is 1. The van der Waals surface area contributed by atoms with Gasteiger partial charge in [-0.15, -0.1) is 0 Å². The van der Waals surface area contributed by atoms with Crippen LogP contribution < -0.4 is 0 Å². The summed E-state index contributed by atoms with van der Waals surface area (Å²) >= 11 is 9.38. The summed E-state index contributed by atoms with van der Waals surface area (Å²) < 4.78 is 1.46. The summed E-state index contributed by atoms with van der Waals surface area (Å²) in [4.78, 5) is 10.7. The first kappa shape index (κ1) is 11.0. The van der Waals surface area contributed by atoms with Crippen LogP contribution in [0.5, 0.6) is 5.75 Å². The molecule has 0 saturated carbocycles. The second-order valence-corrected chi connectivity index (χ2v) is 4.63. The van der Waals surface area contributed by atoms with Crippen molar-refractivity contribution in [1.82, 2.24) is 0 Å². The van der Waals surface area contributed by atoms with Gasteiger partial charge in [0.05, 0.1) is 4.47 Å². The molecule has 70 valence electrons. The van der Waals surface area contributed by atoms with Crippen LogP contribution >= 0.6 is 47.8 Å². The monoisotopic (exact) mass is 372 g/mol. The van der Waals surface area contributed by atoms with Gasteiger partial charge >= 0.3 is 5.97 Å². The van der Waals surface area contributed by atoms with Crippen LogP contribution in [-0.4, -0.2) is 16.2 Å². The molecule has 0 spiro atoms. The number of rotatable bonds is 1. The standard InChI is InChI=1S/C7H3Br3O3/c8-2-1-3(11)4(7(12)13)6(10)5(2)9/h1,11H,(H,12,13). The van der Waals surface area contributed by atoms with Crippen molar-refractivity contribution in [2.45, 2.75) is 0 Å². The molecule has 1 aromatic carbocycles. The van der Waals surface area contributed by atoms with Crippen LogP contribution in [0, 0.1) is 0 Å². The van der Waals surface area contributed by atoms with Crippen LogP contribution in [0.2, 0.25) is 0 Å². The molecule has 0 fully saturated rings. The van der Waals surface area contributed by atoms with Crippen LogP contribution in [0.4, 0.5) is 0 Å². The Balaban J connectivity index is 3.53. The van der Waals surface area contributed by atoms with Gasteiger partial charge in [0.25, 0.3) is 0 Å². The van der Waals surface area contributed by atoms with Crippen molar-refractivity contribution in [3.05, 3.63) is 25.0 Å². The van der Waals surface area contributed by atoms with Crippen LogP contribution in [-0.2, 0) is 0 Å². The SMILES string of the molecule is O=C(O)c1c(O)cc(Br)c(Br)c1Br. The molecule has 0 aliphatic rings. The maximum absolute atomic E-state index is 10.7. The largest absolute Gasteiger partial charge is 0.507 e. The number of hydrogen-bond acceptors (Lipinski definition) is 2. The molecule has 0 aliphatic carbocycles. The van der Waals surface area contributed by atoms with E-state index in [1.807, 2.05) is 0 Å². The first-order valence-corrected chi connectivity index (χ1v) is 5.42. The summed E-state index contributed by atoms with van der Waals surface area (Å²) in [5.74, 6) is -1.47. The predicted molar refractivity (Wildman–Crippen MR) is 58.2 cm³/mol. The number of carbonyl (C=O) groups is 1. The Morgan fingerprint density at radius 1 is 1.23 bits per heavy atom. The topological polar surface area (TPSA) is 57.5 Å². The van der Waals surface area contributed by atoms with Crippen LogP contribution in [0.15, 0.2) is 19.5 Å². The molecule has 1 aromatic rings. The third-order valence-corrected chi connectivity index (χ3v) is 4.66. The maximum Gasteiger partial charge on any atom is 0.340 e. The molecule has 2 N–H and O–H groups in total. The second kappa shape index (κ2) is 3.98. The minimum absolute atomic E-state index is 0.157. The lowest BCUT2D eigenvalue weighted by Gasteiger charge is -2.06. The van der Waals surface area contributed by atoms with Gasteiger partial charge in [0.2, 0.25) is 0 Å². The van der Waals surface area contributed by atoms with E-state index in [9.17, 15) is 9.90 Å². The van der Waals surface area contributed by atoms with Crippen molar-refractivity contribution in [2.24, 2.45) is 0 Å². The lowest BCUT2D eigenvalue weighted by molar-refractivity contribution is 0.0692. The number of hydrogen-bond donors (Lipinski definition) is 2. The summed E-state index contributed by atoms with van der Waals surface area (Å²) in [6, 6.07) is 1.32. The Hall–Kier alpha value is -0.0700. The highest BCUT2D eigenvalue weighted by atomic mass is 79.9. The average molecular weight is 375 g/mol. The average Bonchev–Trinajstić information content (AvgIpc) is 1.99. The quantitative estimate of drug-likeness (QED) is 0.741. The normalized spacial score (nSPS) is 10.1. The smallest absolute Gasteiger partial charge is 0.340 e. The van der Waals surface area contributed by atoms with Gasteiger partial charge < -0.3 is 10.2 Å². The summed E-state index contributed by atoms with van der Waals surface area (Å²) in [5, 5.41) is 18.0. The van der Waals surface area contributed by atoms with Gasteiger partial charge in [0.15, 0.2) is 0 Å². The summed E-state index contributed by atoms with van der Waals surface area (Å²) in [5.41, 5.74) is -0.157. The molecule has 0 radical (unpaired) electrons. The van der Waals surface area contributed by atoms with Crippen molar-refractivity contribution in [3.63, 3.8) is 0 Å². The molecular weight excluding hydrogens is 372 g/mol. The van der Waals surface area contributed by atoms with Crippen LogP contribution in [0.3, 0.4) is 0 Å². The Bertz CT molecular complexity index is 376. The van der Waals surface area contributed by atoms with Gasteiger partial charge in [-0.2, -0.15) is 0 Å². The third kappa shape index (κ3) is 2.05. The number of aromatic hydroxyl groups is 1. The molecule has 0 unspecified atom stereocenters. The third-order valence-electron chi connectivity index (χ3n) is 1.36. The minimum atomic E-state index is -1.18. The fourth-order valence-corrected chi connectivity index (χ4v) is 2.37. The first-order chi connectivity index (χ1) is 5.95. The molecule has 0 heterocycles. The van der Waals surface area contributed by atoms with Crippen LogP contribution in [0.25, 0.3) is 0 Å². The van der Waals surface area contributed by atoms with Crippen LogP contribution in [0.1, 0.15) is 10.4 Å². The summed E-state index contributed by atoms with van der Waals surface area (Å²) in [7, 11) is 0. The van der Waals surface area contributed by atoms with Gasteiger partial charge in [-0.05, 0) is 53.9 Å². The summed E-state index contributed by atoms with van der Waals surface area (Å²) in [6.45, 7) is 0. The molecule has 3 nitrogen and oxygen atoms in total. The molecule has 0 aliphatic heterocycles. The Labute approximate surface area is 99.1 Å². The minimum Gasteiger partial charge on any atom is -0.507 e. The van der Waals surface area contributed by atoms with E-state index in [1.165, 1.54) is 6.07 Å². The molecule has 6 heteroatoms. The zero-order chi connectivity index (χ0) is 10.2. The highest BCUT2D eigenvalue weighted by Gasteiger charge is 2.18. The van der Waals surface area contributed by atoms with E-state index in [-0.39, 0.29) is 11.3 Å². The van der Waals surface area contributed by atoms with Crippen molar-refractivity contribution in [2.75, 3.05) is 0 Å². The molecule has 0 atom stereocenters. The van der Waals surface area contributed by atoms with Gasteiger partial charge in [0, 0.05) is 8.95 Å². The molecule has 0 amide bonds. The zero-order valence-corrected chi connectivity index (χ0v) is 10.8. The Kier molecular flexibility index (Phi) is 3.37. The van der Waals surface area contributed by atoms with Crippen molar-refractivity contribution in [3.8, 4) is 5.75 Å². The van der Waals surface area contributed by atoms with Gasteiger partial charge in [-0.1, -0.05) is 0 Å². The Morgan fingerprint density at radius 2 is 1.77 bits per heavy atom. The fraction of sp³-hybridized carbons (Fsp3) is 0. The van der Waals surface area contributed by atoms with E-state index in [1.54, 1.807) is 0 Å². The zero-order valence-electron chi connectivity index (χ0n) is 6.01. The Morgan fingerprint density at radius 3 is 2.23 bits per heavy atom. The van der Waals surface area contributed by atoms with E-state index in [2.05, 4.69) is 47.8 Å². The van der Waals surface area contributed by atoms with Gasteiger partial charge in [-0.3, -0.25) is 0 Å². The number of phenols is 1. The maximum atomic E-state index is 10.7. The number of carboxylic acid groups (broad SMARTS) is 1. The highest BCUT2D eigenvalue weighted by molar-refractivity contribution is 9.14. The van der Waals surface area contributed by atoms with Crippen molar-refractivity contribution in [1.29, 1.82) is 0 Å². The number of halogens is 3. The van der Waals surface area contributed by atoms with Crippen molar-refractivity contribution < 1.29 is 15.0 Å². The number of benzene rings is 1. The molecule has 1 rings (SSSR count). The number of carboxylic acids is 1. The molecule has 0 saturated heterocycles. The van der Waals surface area contributed by atoms with E-state index < -0.39 is 5.97 Å². The van der Waals surface area contributed by atoms with E-state index >= 15 is 0 Å². The first-order valence-electron chi connectivity index (χ1n) is 3.05. The molecule has 0 bridgehead atoms. The molecule has 13 heavy (non-hydrogen) atoms. The second-order valence-electron chi connectivity index (χ2n) is 2.19. The van der Waals surface area contributed by atoms with Gasteiger partial charge in [-0.25, -0.2) is 4.79 Å². The van der Waals surface area contributed by atoms with Gasteiger partial charge in [0.1, 0.15) is 11.3 Å². The lowest BCUT2D eigenvalue weighted by Crippen LogP contribution is -1.99.